The van der Waals surface area contributed by atoms with Crippen molar-refractivity contribution in [1.82, 2.24) is 9.55 Å². The van der Waals surface area contributed by atoms with Crippen LogP contribution in [0, 0.1) is 0 Å². The van der Waals surface area contributed by atoms with Gasteiger partial charge in [0.15, 0.2) is 0 Å². The van der Waals surface area contributed by atoms with Gasteiger partial charge < -0.3 is 10.3 Å². The van der Waals surface area contributed by atoms with Crippen LogP contribution in [0.4, 0.5) is 0 Å². The summed E-state index contributed by atoms with van der Waals surface area (Å²) in [5.41, 5.74) is 7.83. The molecule has 102 valence electrons. The highest BCUT2D eigenvalue weighted by Crippen LogP contribution is 2.25. The molecule has 2 N–H and O–H groups in total. The van der Waals surface area contributed by atoms with Gasteiger partial charge in [0.05, 0.1) is 18.6 Å². The molecule has 19 heavy (non-hydrogen) atoms. The van der Waals surface area contributed by atoms with E-state index in [4.69, 9.17) is 28.9 Å². The van der Waals surface area contributed by atoms with E-state index in [0.717, 1.165) is 24.1 Å². The second kappa shape index (κ2) is 6.42. The summed E-state index contributed by atoms with van der Waals surface area (Å²) in [4.78, 5) is 4.36. The van der Waals surface area contributed by atoms with Crippen LogP contribution in [0.5, 0.6) is 0 Å². The van der Waals surface area contributed by atoms with Crippen molar-refractivity contribution >= 4 is 23.2 Å². The minimum Gasteiger partial charge on any atom is -0.333 e. The van der Waals surface area contributed by atoms with E-state index in [1.807, 2.05) is 29.0 Å². The Hall–Kier alpha value is -1.03. The summed E-state index contributed by atoms with van der Waals surface area (Å²) < 4.78 is 1.98. The number of aromatic nitrogens is 2. The Morgan fingerprint density at radius 3 is 2.63 bits per heavy atom. The lowest BCUT2D eigenvalue weighted by Crippen LogP contribution is -2.21. The molecular formula is C14H17Cl2N3. The Labute approximate surface area is 123 Å². The van der Waals surface area contributed by atoms with Crippen LogP contribution in [-0.4, -0.2) is 15.6 Å². The number of nitrogens with two attached hydrogens (primary N) is 1. The molecule has 2 rings (SSSR count). The van der Waals surface area contributed by atoms with Gasteiger partial charge in [-0.05, 0) is 18.6 Å². The molecule has 2 aromatic rings. The minimum atomic E-state index is 0.159. The SMILES string of the molecule is CCC(N)Cc1cn(Cc2c(Cl)cccc2Cl)cn1. The highest BCUT2D eigenvalue weighted by Gasteiger charge is 2.08. The van der Waals surface area contributed by atoms with Crippen LogP contribution in [0.1, 0.15) is 24.6 Å². The molecule has 5 heteroatoms. The quantitative estimate of drug-likeness (QED) is 0.918. The number of halogens is 2. The van der Waals surface area contributed by atoms with Crippen LogP contribution in [-0.2, 0) is 13.0 Å². The van der Waals surface area contributed by atoms with Gasteiger partial charge in [-0.3, -0.25) is 0 Å². The smallest absolute Gasteiger partial charge is 0.0952 e. The summed E-state index contributed by atoms with van der Waals surface area (Å²) in [5.74, 6) is 0. The summed E-state index contributed by atoms with van der Waals surface area (Å²) in [6.07, 6.45) is 5.52. The van der Waals surface area contributed by atoms with E-state index in [-0.39, 0.29) is 6.04 Å². The number of imidazole rings is 1. The molecule has 1 aromatic heterocycles. The molecule has 3 nitrogen and oxygen atoms in total. The van der Waals surface area contributed by atoms with Gasteiger partial charge in [-0.2, -0.15) is 0 Å². The van der Waals surface area contributed by atoms with E-state index >= 15 is 0 Å². The molecule has 0 spiro atoms. The largest absolute Gasteiger partial charge is 0.333 e. The lowest BCUT2D eigenvalue weighted by atomic mass is 10.1. The Morgan fingerprint density at radius 1 is 1.32 bits per heavy atom. The van der Waals surface area contributed by atoms with Gasteiger partial charge in [0.2, 0.25) is 0 Å². The second-order valence-electron chi connectivity index (χ2n) is 4.61. The Bertz CT molecular complexity index is 531. The van der Waals surface area contributed by atoms with E-state index in [2.05, 4.69) is 11.9 Å². The van der Waals surface area contributed by atoms with E-state index in [0.29, 0.717) is 16.6 Å². The van der Waals surface area contributed by atoms with Crippen LogP contribution in [0.15, 0.2) is 30.7 Å². The average Bonchev–Trinajstić information content (AvgIpc) is 2.81. The van der Waals surface area contributed by atoms with Crippen molar-refractivity contribution in [3.05, 3.63) is 52.0 Å². The van der Waals surface area contributed by atoms with E-state index in [1.54, 1.807) is 6.33 Å². The van der Waals surface area contributed by atoms with Crippen molar-refractivity contribution < 1.29 is 0 Å². The van der Waals surface area contributed by atoms with Crippen LogP contribution in [0.25, 0.3) is 0 Å². The molecule has 1 unspecified atom stereocenters. The maximum Gasteiger partial charge on any atom is 0.0952 e. The number of hydrogen-bond acceptors (Lipinski definition) is 2. The molecule has 0 aliphatic rings. The topological polar surface area (TPSA) is 43.8 Å². The van der Waals surface area contributed by atoms with Gasteiger partial charge in [0.1, 0.15) is 0 Å². The van der Waals surface area contributed by atoms with Crippen molar-refractivity contribution in [3.8, 4) is 0 Å². The first kappa shape index (κ1) is 14.4. The molecule has 0 saturated heterocycles. The van der Waals surface area contributed by atoms with Crippen molar-refractivity contribution in [2.24, 2.45) is 5.73 Å². The molecule has 0 bridgehead atoms. The van der Waals surface area contributed by atoms with Crippen LogP contribution >= 0.6 is 23.2 Å². The van der Waals surface area contributed by atoms with Crippen molar-refractivity contribution in [3.63, 3.8) is 0 Å². The third-order valence-corrected chi connectivity index (χ3v) is 3.79. The zero-order valence-electron chi connectivity index (χ0n) is 10.8. The fourth-order valence-electron chi connectivity index (χ4n) is 1.88. The summed E-state index contributed by atoms with van der Waals surface area (Å²) in [6, 6.07) is 5.68. The van der Waals surface area contributed by atoms with Gasteiger partial charge in [0, 0.05) is 34.3 Å². The maximum atomic E-state index is 6.15. The lowest BCUT2D eigenvalue weighted by Gasteiger charge is -2.07. The lowest BCUT2D eigenvalue weighted by molar-refractivity contribution is 0.638. The highest BCUT2D eigenvalue weighted by molar-refractivity contribution is 6.35. The minimum absolute atomic E-state index is 0.159. The van der Waals surface area contributed by atoms with Crippen molar-refractivity contribution in [2.75, 3.05) is 0 Å². The number of rotatable bonds is 5. The summed E-state index contributed by atoms with van der Waals surface area (Å²) in [5, 5.41) is 1.35. The molecule has 1 atom stereocenters. The fourth-order valence-corrected chi connectivity index (χ4v) is 2.39. The monoisotopic (exact) mass is 297 g/mol. The van der Waals surface area contributed by atoms with Crippen LogP contribution < -0.4 is 5.73 Å². The zero-order valence-corrected chi connectivity index (χ0v) is 12.3. The molecule has 0 saturated carbocycles. The van der Waals surface area contributed by atoms with Crippen molar-refractivity contribution in [2.45, 2.75) is 32.4 Å². The molecular weight excluding hydrogens is 281 g/mol. The fraction of sp³-hybridized carbons (Fsp3) is 0.357. The molecule has 0 aliphatic heterocycles. The van der Waals surface area contributed by atoms with Gasteiger partial charge >= 0.3 is 0 Å². The standard InChI is InChI=1S/C14H17Cl2N3/c1-2-10(17)6-11-7-19(9-18-11)8-12-13(15)4-3-5-14(12)16/h3-5,7,9-10H,2,6,8,17H2,1H3. The maximum absolute atomic E-state index is 6.15. The highest BCUT2D eigenvalue weighted by atomic mass is 35.5. The summed E-state index contributed by atoms with van der Waals surface area (Å²) >= 11 is 12.3. The first-order chi connectivity index (χ1) is 9.10. The first-order valence-corrected chi connectivity index (χ1v) is 7.05. The Morgan fingerprint density at radius 2 is 2.00 bits per heavy atom. The van der Waals surface area contributed by atoms with E-state index < -0.39 is 0 Å². The predicted octanol–water partition coefficient (Wildman–Crippen LogP) is 3.52. The third-order valence-electron chi connectivity index (χ3n) is 3.08. The number of nitrogens with zero attached hydrogens (tertiary/aromatic N) is 2. The first-order valence-electron chi connectivity index (χ1n) is 6.29. The van der Waals surface area contributed by atoms with Crippen LogP contribution in [0.3, 0.4) is 0 Å². The summed E-state index contributed by atoms with van der Waals surface area (Å²) in [6.45, 7) is 2.69. The van der Waals surface area contributed by atoms with E-state index in [9.17, 15) is 0 Å². The van der Waals surface area contributed by atoms with E-state index in [1.165, 1.54) is 0 Å². The van der Waals surface area contributed by atoms with Crippen molar-refractivity contribution in [1.29, 1.82) is 0 Å². The predicted molar refractivity (Wildman–Crippen MR) is 79.8 cm³/mol. The number of benzene rings is 1. The average molecular weight is 298 g/mol. The van der Waals surface area contributed by atoms with Gasteiger partial charge in [-0.1, -0.05) is 36.2 Å². The second-order valence-corrected chi connectivity index (χ2v) is 5.42. The molecule has 1 heterocycles. The molecule has 0 aliphatic carbocycles. The zero-order chi connectivity index (χ0) is 13.8. The molecule has 0 fully saturated rings. The third kappa shape index (κ3) is 3.72. The number of hydrogen-bond donors (Lipinski definition) is 1. The van der Waals surface area contributed by atoms with Gasteiger partial charge in [0.25, 0.3) is 0 Å². The van der Waals surface area contributed by atoms with Gasteiger partial charge in [-0.15, -0.1) is 0 Å². The summed E-state index contributed by atoms with van der Waals surface area (Å²) in [7, 11) is 0. The molecule has 1 aromatic carbocycles. The van der Waals surface area contributed by atoms with Crippen LogP contribution in [0.2, 0.25) is 10.0 Å². The Kier molecular flexibility index (Phi) is 4.86. The van der Waals surface area contributed by atoms with Gasteiger partial charge in [-0.25, -0.2) is 4.98 Å². The molecule has 0 amide bonds. The molecule has 0 radical (unpaired) electrons. The normalized spacial score (nSPS) is 12.6. The Balaban J connectivity index is 2.12.